The van der Waals surface area contributed by atoms with Gasteiger partial charge in [0.1, 0.15) is 0 Å². The van der Waals surface area contributed by atoms with Crippen LogP contribution in [0.1, 0.15) is 25.5 Å². The average molecular weight is 288 g/mol. The molecule has 1 fully saturated rings. The van der Waals surface area contributed by atoms with Gasteiger partial charge < -0.3 is 4.74 Å². The second kappa shape index (κ2) is 6.22. The van der Waals surface area contributed by atoms with Gasteiger partial charge in [0.25, 0.3) is 0 Å². The molecule has 6 heteroatoms. The first-order chi connectivity index (χ1) is 10.3. The Kier molecular flexibility index (Phi) is 4.15. The summed E-state index contributed by atoms with van der Waals surface area (Å²) in [5, 5.41) is 0. The highest BCUT2D eigenvalue weighted by molar-refractivity contribution is 5.72. The lowest BCUT2D eigenvalue weighted by Crippen LogP contribution is -2.39. The Bertz CT molecular complexity index is 592. The van der Waals surface area contributed by atoms with Crippen LogP contribution < -0.4 is 0 Å². The molecule has 2 aromatic rings. The minimum absolute atomic E-state index is 0.00569. The van der Waals surface area contributed by atoms with Crippen LogP contribution in [0, 0.1) is 5.92 Å². The van der Waals surface area contributed by atoms with E-state index < -0.39 is 0 Å². The molecule has 0 aromatic carbocycles. The summed E-state index contributed by atoms with van der Waals surface area (Å²) < 4.78 is 7.05. The highest BCUT2D eigenvalue weighted by Gasteiger charge is 2.27. The van der Waals surface area contributed by atoms with Crippen LogP contribution in [0.15, 0.2) is 24.7 Å². The molecular weight excluding hydrogens is 268 g/mol. The molecule has 3 heterocycles. The molecule has 0 amide bonds. The Balaban J connectivity index is 1.65. The molecule has 1 aliphatic rings. The number of hydrogen-bond acceptors (Lipinski definition) is 5. The lowest BCUT2D eigenvalue weighted by molar-refractivity contribution is -0.150. The van der Waals surface area contributed by atoms with Gasteiger partial charge in [-0.1, -0.05) is 0 Å². The second-order valence-corrected chi connectivity index (χ2v) is 5.39. The van der Waals surface area contributed by atoms with Crippen molar-refractivity contribution in [3.63, 3.8) is 0 Å². The molecule has 3 rings (SSSR count). The molecule has 0 aliphatic carbocycles. The number of carbonyl (C=O) groups is 1. The first kappa shape index (κ1) is 14.0. The number of hydrogen-bond donors (Lipinski definition) is 0. The SMILES string of the molecule is CCOC(=O)[C@@H]1CCCN(Cc2cn3cccnc3n2)C1. The summed E-state index contributed by atoms with van der Waals surface area (Å²) in [5.74, 6) is 0.638. The highest BCUT2D eigenvalue weighted by Crippen LogP contribution is 2.19. The quantitative estimate of drug-likeness (QED) is 0.798. The Morgan fingerprint density at radius 1 is 1.52 bits per heavy atom. The van der Waals surface area contributed by atoms with Gasteiger partial charge >= 0.3 is 5.97 Å². The number of piperidine rings is 1. The molecule has 0 bridgehead atoms. The van der Waals surface area contributed by atoms with E-state index in [2.05, 4.69) is 14.9 Å². The van der Waals surface area contributed by atoms with Crippen molar-refractivity contribution in [1.29, 1.82) is 0 Å². The van der Waals surface area contributed by atoms with Gasteiger partial charge in [0.15, 0.2) is 0 Å². The number of ether oxygens (including phenoxy) is 1. The van der Waals surface area contributed by atoms with E-state index in [0.29, 0.717) is 12.4 Å². The maximum atomic E-state index is 11.9. The van der Waals surface area contributed by atoms with E-state index in [0.717, 1.165) is 38.2 Å². The van der Waals surface area contributed by atoms with Crippen molar-refractivity contribution in [2.24, 2.45) is 5.92 Å². The molecule has 0 radical (unpaired) electrons. The topological polar surface area (TPSA) is 59.7 Å². The van der Waals surface area contributed by atoms with Crippen LogP contribution in [0.3, 0.4) is 0 Å². The number of carbonyl (C=O) groups excluding carboxylic acids is 1. The van der Waals surface area contributed by atoms with E-state index in [1.54, 1.807) is 6.20 Å². The van der Waals surface area contributed by atoms with Crippen molar-refractivity contribution in [2.45, 2.75) is 26.3 Å². The van der Waals surface area contributed by atoms with Crippen molar-refractivity contribution < 1.29 is 9.53 Å². The summed E-state index contributed by atoms with van der Waals surface area (Å²) in [6, 6.07) is 1.89. The fourth-order valence-electron chi connectivity index (χ4n) is 2.84. The zero-order valence-electron chi connectivity index (χ0n) is 12.2. The minimum atomic E-state index is -0.0705. The van der Waals surface area contributed by atoms with Gasteiger partial charge in [-0.15, -0.1) is 0 Å². The first-order valence-electron chi connectivity index (χ1n) is 7.44. The Morgan fingerprint density at radius 2 is 2.43 bits per heavy atom. The maximum Gasteiger partial charge on any atom is 0.310 e. The van der Waals surface area contributed by atoms with E-state index in [-0.39, 0.29) is 11.9 Å². The molecule has 6 nitrogen and oxygen atoms in total. The van der Waals surface area contributed by atoms with Gasteiger partial charge in [0, 0.05) is 31.7 Å². The van der Waals surface area contributed by atoms with Crippen molar-refractivity contribution in [2.75, 3.05) is 19.7 Å². The van der Waals surface area contributed by atoms with E-state index in [1.807, 2.05) is 29.8 Å². The summed E-state index contributed by atoms with van der Waals surface area (Å²) in [4.78, 5) is 22.9. The van der Waals surface area contributed by atoms with Crippen molar-refractivity contribution in [3.05, 3.63) is 30.4 Å². The zero-order chi connectivity index (χ0) is 14.7. The predicted octanol–water partition coefficient (Wildman–Crippen LogP) is 1.50. The molecule has 2 aromatic heterocycles. The number of fused-ring (bicyclic) bond motifs is 1. The monoisotopic (exact) mass is 288 g/mol. The molecule has 0 spiro atoms. The Hall–Kier alpha value is -1.95. The normalized spacial score (nSPS) is 19.8. The van der Waals surface area contributed by atoms with Crippen molar-refractivity contribution >= 4 is 11.7 Å². The van der Waals surface area contributed by atoms with E-state index in [4.69, 9.17) is 4.74 Å². The number of aromatic nitrogens is 3. The van der Waals surface area contributed by atoms with E-state index in [1.165, 1.54) is 0 Å². The van der Waals surface area contributed by atoms with E-state index >= 15 is 0 Å². The van der Waals surface area contributed by atoms with E-state index in [9.17, 15) is 4.79 Å². The Morgan fingerprint density at radius 3 is 3.24 bits per heavy atom. The fraction of sp³-hybridized carbons (Fsp3) is 0.533. The second-order valence-electron chi connectivity index (χ2n) is 5.39. The molecule has 0 saturated carbocycles. The average Bonchev–Trinajstić information content (AvgIpc) is 2.90. The van der Waals surface area contributed by atoms with Crippen LogP contribution >= 0.6 is 0 Å². The van der Waals surface area contributed by atoms with Crippen molar-refractivity contribution in [3.8, 4) is 0 Å². The van der Waals surface area contributed by atoms with Gasteiger partial charge in [-0.05, 0) is 32.4 Å². The molecule has 1 aliphatic heterocycles. The highest BCUT2D eigenvalue weighted by atomic mass is 16.5. The molecule has 0 unspecified atom stereocenters. The number of imidazole rings is 1. The molecule has 1 saturated heterocycles. The number of esters is 1. The van der Waals surface area contributed by atoms with Gasteiger partial charge in [-0.25, -0.2) is 9.97 Å². The smallest absolute Gasteiger partial charge is 0.310 e. The lowest BCUT2D eigenvalue weighted by Gasteiger charge is -2.30. The maximum absolute atomic E-state index is 11.9. The van der Waals surface area contributed by atoms with Gasteiger partial charge in [-0.2, -0.15) is 0 Å². The van der Waals surface area contributed by atoms with Crippen LogP contribution in [0.25, 0.3) is 5.78 Å². The van der Waals surface area contributed by atoms with Crippen LogP contribution in [-0.2, 0) is 16.1 Å². The van der Waals surface area contributed by atoms with Crippen LogP contribution in [0.5, 0.6) is 0 Å². The number of rotatable bonds is 4. The standard InChI is InChI=1S/C15H20N4O2/c1-2-21-14(20)12-5-3-7-18(9-12)10-13-11-19-8-4-6-16-15(19)17-13/h4,6,8,11-12H,2-3,5,7,9-10H2,1H3/t12-/m1/s1. The molecule has 21 heavy (non-hydrogen) atoms. The predicted molar refractivity (Wildman–Crippen MR) is 77.6 cm³/mol. The third-order valence-corrected chi connectivity index (χ3v) is 3.80. The molecule has 1 atom stereocenters. The van der Waals surface area contributed by atoms with Crippen molar-refractivity contribution in [1.82, 2.24) is 19.3 Å². The summed E-state index contributed by atoms with van der Waals surface area (Å²) in [6.45, 7) is 4.80. The lowest BCUT2D eigenvalue weighted by atomic mass is 9.98. The molecule has 0 N–H and O–H groups in total. The number of nitrogens with zero attached hydrogens (tertiary/aromatic N) is 4. The van der Waals surface area contributed by atoms with Gasteiger partial charge in [0.05, 0.1) is 18.2 Å². The largest absolute Gasteiger partial charge is 0.466 e. The van der Waals surface area contributed by atoms with Crippen LogP contribution in [0.4, 0.5) is 0 Å². The molecular formula is C15H20N4O2. The summed E-state index contributed by atoms with van der Waals surface area (Å²) in [5.41, 5.74) is 0.984. The summed E-state index contributed by atoms with van der Waals surface area (Å²) in [6.07, 6.45) is 7.62. The molecule has 112 valence electrons. The minimum Gasteiger partial charge on any atom is -0.466 e. The van der Waals surface area contributed by atoms with Crippen LogP contribution in [-0.4, -0.2) is 44.9 Å². The zero-order valence-corrected chi connectivity index (χ0v) is 12.2. The van der Waals surface area contributed by atoms with Crippen LogP contribution in [0.2, 0.25) is 0 Å². The Labute approximate surface area is 123 Å². The number of likely N-dealkylation sites (tertiary alicyclic amines) is 1. The first-order valence-corrected chi connectivity index (χ1v) is 7.44. The third kappa shape index (κ3) is 3.21. The van der Waals surface area contributed by atoms with Gasteiger partial charge in [0.2, 0.25) is 5.78 Å². The van der Waals surface area contributed by atoms with Gasteiger partial charge in [-0.3, -0.25) is 14.1 Å². The third-order valence-electron chi connectivity index (χ3n) is 3.80. The summed E-state index contributed by atoms with van der Waals surface area (Å²) in [7, 11) is 0. The summed E-state index contributed by atoms with van der Waals surface area (Å²) >= 11 is 0. The fourth-order valence-corrected chi connectivity index (χ4v) is 2.84.